The number of amides is 1. The fraction of sp³-hybridized carbons (Fsp3) is 0.566. The number of ether oxygens (including phenoxy) is 12. The van der Waals surface area contributed by atoms with E-state index in [2.05, 4.69) is 5.32 Å². The van der Waals surface area contributed by atoms with E-state index in [1.807, 2.05) is 219 Å². The van der Waals surface area contributed by atoms with E-state index in [-0.39, 0.29) is 57.9 Å². The number of hydrogen-bond donors (Lipinski definition) is 4. The number of carbonyl (C=O) groups is 3. The summed E-state index contributed by atoms with van der Waals surface area (Å²) in [6.45, 7) is 26.0. The Kier molecular flexibility index (Phi) is 28.0. The quantitative estimate of drug-likeness (QED) is 0.0238. The van der Waals surface area contributed by atoms with Gasteiger partial charge in [-0.2, -0.15) is 0 Å². The lowest BCUT2D eigenvalue weighted by Gasteiger charge is -2.54. The van der Waals surface area contributed by atoms with Crippen LogP contribution in [-0.2, 0) is 113 Å². The van der Waals surface area contributed by atoms with Crippen LogP contribution in [0.2, 0.25) is 36.3 Å². The summed E-state index contributed by atoms with van der Waals surface area (Å²) in [4.78, 5) is 43.6. The van der Waals surface area contributed by atoms with Gasteiger partial charge in [0.2, 0.25) is 5.91 Å². The maximum atomic E-state index is 15.5. The molecule has 0 radical (unpaired) electrons. The van der Waals surface area contributed by atoms with Crippen LogP contribution in [0.1, 0.15) is 103 Å². The molecule has 1 amide bonds. The number of benzene rings is 5. The van der Waals surface area contributed by atoms with Crippen LogP contribution in [0, 0.1) is 5.41 Å². The normalized spacial score (nSPS) is 27.0. The molecule has 0 saturated carbocycles. The first kappa shape index (κ1) is 79.1. The third-order valence-electron chi connectivity index (χ3n) is 19.1. The van der Waals surface area contributed by atoms with Crippen LogP contribution in [-0.4, -0.2) is 174 Å². The first-order chi connectivity index (χ1) is 46.8. The van der Waals surface area contributed by atoms with Crippen LogP contribution in [0.15, 0.2) is 152 Å². The minimum absolute atomic E-state index is 0.0293. The predicted molar refractivity (Wildman–Crippen MR) is 375 cm³/mol. The van der Waals surface area contributed by atoms with E-state index in [1.165, 1.54) is 6.92 Å². The van der Waals surface area contributed by atoms with E-state index in [4.69, 9.17) is 65.7 Å². The highest BCUT2D eigenvalue weighted by molar-refractivity contribution is 6.74. The van der Waals surface area contributed by atoms with Crippen LogP contribution in [0.5, 0.6) is 0 Å². The second-order valence-electron chi connectivity index (χ2n) is 30.0. The lowest BCUT2D eigenvalue weighted by Crippen LogP contribution is -2.72. The van der Waals surface area contributed by atoms with Crippen LogP contribution < -0.4 is 5.32 Å². The van der Waals surface area contributed by atoms with Gasteiger partial charge >= 0.3 is 11.9 Å². The van der Waals surface area contributed by atoms with Crippen LogP contribution in [0.25, 0.3) is 0 Å². The lowest BCUT2D eigenvalue weighted by molar-refractivity contribution is -0.394. The summed E-state index contributed by atoms with van der Waals surface area (Å²) < 4.78 is 95.8. The molecule has 0 aliphatic carbocycles. The van der Waals surface area contributed by atoms with Gasteiger partial charge < -0.3 is 86.3 Å². The first-order valence-corrected chi connectivity index (χ1v) is 40.1. The zero-order valence-corrected chi connectivity index (χ0v) is 62.2. The molecule has 544 valence electrons. The van der Waals surface area contributed by atoms with Crippen molar-refractivity contribution in [2.75, 3.05) is 26.9 Å². The molecular weight excluding hydrogens is 1300 g/mol. The zero-order chi connectivity index (χ0) is 71.9. The summed E-state index contributed by atoms with van der Waals surface area (Å²) in [5, 5.41) is 40.5. The Morgan fingerprint density at radius 1 is 0.576 bits per heavy atom. The number of aliphatic hydroxyl groups excluding tert-OH is 3. The van der Waals surface area contributed by atoms with Crippen molar-refractivity contribution in [3.8, 4) is 0 Å². The molecule has 3 fully saturated rings. The van der Waals surface area contributed by atoms with Crippen molar-refractivity contribution in [3.63, 3.8) is 0 Å². The Hall–Kier alpha value is -5.66. The summed E-state index contributed by atoms with van der Waals surface area (Å²) in [5.41, 5.74) is 2.88. The van der Waals surface area contributed by atoms with E-state index in [0.29, 0.717) is 5.56 Å². The highest BCUT2D eigenvalue weighted by Crippen LogP contribution is 2.46. The van der Waals surface area contributed by atoms with Gasteiger partial charge in [-0.3, -0.25) is 9.59 Å². The van der Waals surface area contributed by atoms with E-state index in [1.54, 1.807) is 20.8 Å². The molecule has 4 N–H and O–H groups in total. The molecular formula is C76H107NO20Si2. The average molecular weight is 1410 g/mol. The zero-order valence-electron chi connectivity index (χ0n) is 60.2. The molecule has 5 aromatic rings. The van der Waals surface area contributed by atoms with Gasteiger partial charge in [-0.05, 0) is 84.9 Å². The van der Waals surface area contributed by atoms with E-state index >= 15 is 4.79 Å². The monoisotopic (exact) mass is 1410 g/mol. The molecule has 23 heteroatoms. The topological polar surface area (TPSA) is 253 Å². The molecule has 5 aromatic carbocycles. The second kappa shape index (κ2) is 35.0. The number of esters is 2. The summed E-state index contributed by atoms with van der Waals surface area (Å²) in [6.07, 6.45) is -21.5. The second-order valence-corrected chi connectivity index (χ2v) is 39.6. The Labute approximate surface area is 586 Å². The van der Waals surface area contributed by atoms with Crippen molar-refractivity contribution >= 4 is 34.5 Å². The third kappa shape index (κ3) is 21.5. The molecule has 16 atom stereocenters. The van der Waals surface area contributed by atoms with Gasteiger partial charge in [-0.25, -0.2) is 4.79 Å². The number of hydrogen-bond acceptors (Lipinski definition) is 20. The molecule has 0 aromatic heterocycles. The van der Waals surface area contributed by atoms with Crippen LogP contribution >= 0.6 is 0 Å². The van der Waals surface area contributed by atoms with Gasteiger partial charge in [-0.1, -0.05) is 193 Å². The molecule has 8 rings (SSSR count). The number of carbonyl (C=O) groups excluding carboxylic acids is 3. The fourth-order valence-electron chi connectivity index (χ4n) is 11.3. The Morgan fingerprint density at radius 3 is 1.47 bits per heavy atom. The first-order valence-electron chi connectivity index (χ1n) is 34.2. The maximum absolute atomic E-state index is 15.5. The molecule has 3 aliphatic rings. The molecule has 0 bridgehead atoms. The van der Waals surface area contributed by atoms with Crippen molar-refractivity contribution in [2.45, 2.75) is 243 Å². The van der Waals surface area contributed by atoms with Crippen molar-refractivity contribution < 1.29 is 95.4 Å². The molecule has 3 heterocycles. The smallest absolute Gasteiger partial charge is 0.366 e. The van der Waals surface area contributed by atoms with Crippen molar-refractivity contribution in [3.05, 3.63) is 179 Å². The number of nitrogens with one attached hydrogen (secondary N) is 1. The Balaban J connectivity index is 1.31. The number of rotatable bonds is 31. The average Bonchev–Trinajstić information content (AvgIpc) is 0.743. The predicted octanol–water partition coefficient (Wildman–Crippen LogP) is 10.6. The van der Waals surface area contributed by atoms with Crippen molar-refractivity contribution in [1.82, 2.24) is 5.32 Å². The van der Waals surface area contributed by atoms with Gasteiger partial charge in [0.15, 0.2) is 35.3 Å². The van der Waals surface area contributed by atoms with Gasteiger partial charge in [0.25, 0.3) is 5.79 Å². The fourth-order valence-corrected chi connectivity index (χ4v) is 13.7. The minimum atomic E-state index is -2.97. The Bertz CT molecular complexity index is 3270. The van der Waals surface area contributed by atoms with Crippen LogP contribution in [0.4, 0.5) is 0 Å². The summed E-state index contributed by atoms with van der Waals surface area (Å²) >= 11 is 0. The number of aliphatic hydroxyl groups is 3. The van der Waals surface area contributed by atoms with Gasteiger partial charge in [-0.15, -0.1) is 0 Å². The molecule has 0 spiro atoms. The van der Waals surface area contributed by atoms with E-state index in [0.717, 1.165) is 29.4 Å². The van der Waals surface area contributed by atoms with Gasteiger partial charge in [0.1, 0.15) is 61.0 Å². The molecule has 0 unspecified atom stereocenters. The molecule has 3 aliphatic heterocycles. The highest BCUT2D eigenvalue weighted by Gasteiger charge is 2.63. The van der Waals surface area contributed by atoms with E-state index < -0.39 is 149 Å². The molecule has 3 saturated heterocycles. The lowest BCUT2D eigenvalue weighted by atomic mass is 9.88. The number of methoxy groups -OCH3 is 1. The molecule has 21 nitrogen and oxygen atoms in total. The van der Waals surface area contributed by atoms with Crippen molar-refractivity contribution in [1.29, 1.82) is 0 Å². The third-order valence-corrected chi connectivity index (χ3v) is 28.1. The van der Waals surface area contributed by atoms with Gasteiger partial charge in [0.05, 0.1) is 77.5 Å². The van der Waals surface area contributed by atoms with E-state index in [9.17, 15) is 24.9 Å². The van der Waals surface area contributed by atoms with Crippen molar-refractivity contribution in [2.24, 2.45) is 5.41 Å². The SMILES string of the molecule is COC(=O)[C@@]1(O[C@H]2[C@@H](O)[C@@H](COCc3ccccc3)O[C@@H](O[C@H]3[C@H](OCc4ccccc4)[C@@H](OC(=O)C(C)(C)C)[C@H](OCc4ccccc4)O[C@@H]3COCc3ccccc3)[C@@H]2OCc2ccccc2)C[C@H](O[Si](C)(C)C(C)(C)C)[C@@H](NC(C)=O)[C@H]([C@H](O)[C@H](O)CO[Si](C)(C)C(C)(C)C)O1. The molecule has 99 heavy (non-hydrogen) atoms. The highest BCUT2D eigenvalue weighted by atomic mass is 28.4. The van der Waals surface area contributed by atoms with Gasteiger partial charge in [0, 0.05) is 13.3 Å². The van der Waals surface area contributed by atoms with Crippen LogP contribution in [0.3, 0.4) is 0 Å². The standard InChI is InChI=1S/C76H107NO20Si2/c1-50(78)77-60-57(97-99(14,15)75(8,9)10)41-76(72(83)84-11,95-64(60)61(80)56(79)47-90-98(12,13)74(5,6)7)96-65-62(81)58(48-85-42-51-31-21-16-22-32-51)91-70(67(65)88-45-54-37-27-19-28-38-54)93-63-59(49-86-43-52-33-23-17-24-34-52)92-69(89-46-55-39-29-20-30-40-55)68(94-71(82)73(2,3)4)66(63)87-44-53-35-25-18-26-36-53/h16-40,56-70,79-81H,41-49H2,1-15H3,(H,77,78)/t56-,57+,58-,59-,60-,61-,62+,63-,64-,65+,66+,67-,68-,69-,70+,76+/m1/s1. The minimum Gasteiger partial charge on any atom is -0.465 e. The Morgan fingerprint density at radius 2 is 1.02 bits per heavy atom. The largest absolute Gasteiger partial charge is 0.465 e. The summed E-state index contributed by atoms with van der Waals surface area (Å²) in [6, 6.07) is 45.9. The summed E-state index contributed by atoms with van der Waals surface area (Å²) in [7, 11) is -4.41. The maximum Gasteiger partial charge on any atom is 0.366 e. The summed E-state index contributed by atoms with van der Waals surface area (Å²) in [5.74, 6) is -4.92.